The molecule has 0 aromatic heterocycles. The van der Waals surface area contributed by atoms with Crippen molar-refractivity contribution in [2.24, 2.45) is 0 Å². The van der Waals surface area contributed by atoms with Gasteiger partial charge in [0.15, 0.2) is 0 Å². The van der Waals surface area contributed by atoms with Crippen LogP contribution in [0.4, 0.5) is 5.69 Å². The van der Waals surface area contributed by atoms with E-state index in [2.05, 4.69) is 5.32 Å². The number of aryl methyl sites for hydroxylation is 1. The van der Waals surface area contributed by atoms with Gasteiger partial charge >= 0.3 is 0 Å². The molecule has 6 nitrogen and oxygen atoms in total. The average Bonchev–Trinajstić information content (AvgIpc) is 2.65. The van der Waals surface area contributed by atoms with Crippen LogP contribution in [-0.2, 0) is 21.2 Å². The standard InChI is InChI=1S/C21H27ClN2O4S/c1-4-28-20-13-6-5-9-17(20)10-8-14-23-21(25)16(2)24(29(3,26)27)19-12-7-11-18(22)15-19/h5-7,9,11-13,15-16H,4,8,10,14H2,1-3H3,(H,23,25). The van der Waals surface area contributed by atoms with E-state index in [9.17, 15) is 13.2 Å². The summed E-state index contributed by atoms with van der Waals surface area (Å²) in [6.07, 6.45) is 2.52. The van der Waals surface area contributed by atoms with Gasteiger partial charge < -0.3 is 10.1 Å². The van der Waals surface area contributed by atoms with Crippen molar-refractivity contribution in [1.29, 1.82) is 0 Å². The Bertz CT molecular complexity index is 934. The summed E-state index contributed by atoms with van der Waals surface area (Å²) in [7, 11) is -3.67. The Kier molecular flexibility index (Phi) is 8.34. The highest BCUT2D eigenvalue weighted by Crippen LogP contribution is 2.24. The van der Waals surface area contributed by atoms with Crippen molar-refractivity contribution in [2.45, 2.75) is 32.7 Å². The number of carbonyl (C=O) groups is 1. The van der Waals surface area contributed by atoms with Crippen LogP contribution in [0.25, 0.3) is 0 Å². The van der Waals surface area contributed by atoms with Crippen LogP contribution in [0.15, 0.2) is 48.5 Å². The number of nitrogens with one attached hydrogen (secondary N) is 1. The summed E-state index contributed by atoms with van der Waals surface area (Å²) in [6, 6.07) is 13.3. The fraction of sp³-hybridized carbons (Fsp3) is 0.381. The molecule has 2 aromatic rings. The van der Waals surface area contributed by atoms with Gasteiger partial charge in [0.05, 0.1) is 18.6 Å². The molecule has 1 atom stereocenters. The van der Waals surface area contributed by atoms with E-state index in [4.69, 9.17) is 16.3 Å². The van der Waals surface area contributed by atoms with E-state index in [1.165, 1.54) is 6.07 Å². The van der Waals surface area contributed by atoms with Crippen LogP contribution >= 0.6 is 11.6 Å². The number of amides is 1. The molecule has 2 rings (SSSR count). The lowest BCUT2D eigenvalue weighted by molar-refractivity contribution is -0.121. The molecule has 0 spiro atoms. The Morgan fingerprint density at radius 1 is 1.21 bits per heavy atom. The first kappa shape index (κ1) is 23.0. The van der Waals surface area contributed by atoms with Crippen molar-refractivity contribution in [2.75, 3.05) is 23.7 Å². The molecule has 1 amide bonds. The first-order chi connectivity index (χ1) is 13.7. The number of hydrogen-bond acceptors (Lipinski definition) is 4. The second kappa shape index (κ2) is 10.5. The van der Waals surface area contributed by atoms with Gasteiger partial charge in [0.1, 0.15) is 11.8 Å². The van der Waals surface area contributed by atoms with Crippen LogP contribution in [0.3, 0.4) is 0 Å². The van der Waals surface area contributed by atoms with Gasteiger partial charge in [-0.25, -0.2) is 8.42 Å². The van der Waals surface area contributed by atoms with E-state index < -0.39 is 16.1 Å². The lowest BCUT2D eigenvalue weighted by Crippen LogP contribution is -2.48. The zero-order valence-corrected chi connectivity index (χ0v) is 18.5. The molecule has 8 heteroatoms. The topological polar surface area (TPSA) is 75.7 Å². The molecule has 1 N–H and O–H groups in total. The first-order valence-corrected chi connectivity index (χ1v) is 11.7. The van der Waals surface area contributed by atoms with Crippen molar-refractivity contribution in [3.8, 4) is 5.75 Å². The average molecular weight is 439 g/mol. The number of ether oxygens (including phenoxy) is 1. The van der Waals surface area contributed by atoms with Crippen molar-refractivity contribution in [1.82, 2.24) is 5.32 Å². The summed E-state index contributed by atoms with van der Waals surface area (Å²) in [5.41, 5.74) is 1.43. The predicted octanol–water partition coefficient (Wildman–Crippen LogP) is 3.64. The van der Waals surface area contributed by atoms with E-state index >= 15 is 0 Å². The molecule has 1 unspecified atom stereocenters. The Balaban J connectivity index is 1.98. The highest BCUT2D eigenvalue weighted by atomic mass is 35.5. The minimum Gasteiger partial charge on any atom is -0.494 e. The van der Waals surface area contributed by atoms with Gasteiger partial charge in [-0.05, 0) is 56.5 Å². The smallest absolute Gasteiger partial charge is 0.243 e. The number of benzene rings is 2. The number of hydrogen-bond donors (Lipinski definition) is 1. The zero-order valence-electron chi connectivity index (χ0n) is 16.9. The maximum atomic E-state index is 12.6. The molecule has 158 valence electrons. The summed E-state index contributed by atoms with van der Waals surface area (Å²) in [5.74, 6) is 0.479. The lowest BCUT2D eigenvalue weighted by Gasteiger charge is -2.28. The molecule has 0 saturated carbocycles. The lowest BCUT2D eigenvalue weighted by atomic mass is 10.1. The molecule has 29 heavy (non-hydrogen) atoms. The molecule has 2 aromatic carbocycles. The third-order valence-electron chi connectivity index (χ3n) is 4.35. The van der Waals surface area contributed by atoms with Gasteiger partial charge in [-0.3, -0.25) is 9.10 Å². The Labute approximate surface area is 177 Å². The van der Waals surface area contributed by atoms with Gasteiger partial charge in [-0.1, -0.05) is 35.9 Å². The summed E-state index contributed by atoms with van der Waals surface area (Å²) in [5, 5.41) is 3.22. The van der Waals surface area contributed by atoms with Crippen molar-refractivity contribution < 1.29 is 17.9 Å². The minimum absolute atomic E-state index is 0.355. The molecular formula is C21H27ClN2O4S. The van der Waals surface area contributed by atoms with Crippen LogP contribution in [0.5, 0.6) is 5.75 Å². The van der Waals surface area contributed by atoms with Gasteiger partial charge in [0.2, 0.25) is 15.9 Å². The van der Waals surface area contributed by atoms with Gasteiger partial charge in [-0.2, -0.15) is 0 Å². The normalized spacial score (nSPS) is 12.3. The van der Waals surface area contributed by atoms with E-state index in [1.807, 2.05) is 31.2 Å². The highest BCUT2D eigenvalue weighted by Gasteiger charge is 2.29. The quantitative estimate of drug-likeness (QED) is 0.574. The van der Waals surface area contributed by atoms with Crippen LogP contribution in [0.2, 0.25) is 5.02 Å². The fourth-order valence-corrected chi connectivity index (χ4v) is 4.42. The van der Waals surface area contributed by atoms with E-state index in [0.717, 1.165) is 28.3 Å². The number of rotatable bonds is 10. The van der Waals surface area contributed by atoms with Crippen LogP contribution in [0.1, 0.15) is 25.8 Å². The van der Waals surface area contributed by atoms with E-state index in [0.29, 0.717) is 30.3 Å². The van der Waals surface area contributed by atoms with Gasteiger partial charge in [0, 0.05) is 11.6 Å². The molecule has 0 aliphatic rings. The third kappa shape index (κ3) is 6.65. The molecule has 0 aliphatic carbocycles. The molecule has 0 fully saturated rings. The maximum absolute atomic E-state index is 12.6. The molecule has 0 aliphatic heterocycles. The fourth-order valence-electron chi connectivity index (χ4n) is 3.07. The second-order valence-electron chi connectivity index (χ2n) is 6.65. The first-order valence-electron chi connectivity index (χ1n) is 9.47. The number of anilines is 1. The van der Waals surface area contributed by atoms with E-state index in [1.54, 1.807) is 25.1 Å². The molecule has 0 radical (unpaired) electrons. The highest BCUT2D eigenvalue weighted by molar-refractivity contribution is 7.92. The number of halogens is 1. The SMILES string of the molecule is CCOc1ccccc1CCCNC(=O)C(C)N(c1cccc(Cl)c1)S(C)(=O)=O. The summed E-state index contributed by atoms with van der Waals surface area (Å²) < 4.78 is 31.3. The number of nitrogens with zero attached hydrogens (tertiary/aromatic N) is 1. The molecule has 0 saturated heterocycles. The molecular weight excluding hydrogens is 412 g/mol. The summed E-state index contributed by atoms with van der Waals surface area (Å²) >= 11 is 5.99. The number of para-hydroxylation sites is 1. The summed E-state index contributed by atoms with van der Waals surface area (Å²) in [4.78, 5) is 12.6. The van der Waals surface area contributed by atoms with Crippen LogP contribution < -0.4 is 14.4 Å². The van der Waals surface area contributed by atoms with E-state index in [-0.39, 0.29) is 5.91 Å². The number of carbonyl (C=O) groups excluding carboxylic acids is 1. The van der Waals surface area contributed by atoms with Gasteiger partial charge in [-0.15, -0.1) is 0 Å². The van der Waals surface area contributed by atoms with Crippen molar-refractivity contribution in [3.63, 3.8) is 0 Å². The Morgan fingerprint density at radius 3 is 2.59 bits per heavy atom. The molecule has 0 heterocycles. The minimum atomic E-state index is -3.67. The number of sulfonamides is 1. The van der Waals surface area contributed by atoms with Crippen LogP contribution in [-0.4, -0.2) is 39.8 Å². The molecule has 0 bridgehead atoms. The second-order valence-corrected chi connectivity index (χ2v) is 8.95. The predicted molar refractivity (Wildman–Crippen MR) is 117 cm³/mol. The van der Waals surface area contributed by atoms with Crippen molar-refractivity contribution >= 4 is 33.2 Å². The maximum Gasteiger partial charge on any atom is 0.243 e. The van der Waals surface area contributed by atoms with Crippen LogP contribution in [0, 0.1) is 0 Å². The Morgan fingerprint density at radius 2 is 1.93 bits per heavy atom. The Hall–Kier alpha value is -2.25. The van der Waals surface area contributed by atoms with Crippen molar-refractivity contribution in [3.05, 3.63) is 59.1 Å². The monoisotopic (exact) mass is 438 g/mol. The summed E-state index contributed by atoms with van der Waals surface area (Å²) in [6.45, 7) is 4.51. The third-order valence-corrected chi connectivity index (χ3v) is 5.82. The van der Waals surface area contributed by atoms with Gasteiger partial charge in [0.25, 0.3) is 0 Å². The largest absolute Gasteiger partial charge is 0.494 e. The zero-order chi connectivity index (χ0) is 21.4.